The summed E-state index contributed by atoms with van der Waals surface area (Å²) in [5.74, 6) is -0.894. The molecule has 0 aliphatic heterocycles. The molecule has 1 aromatic rings. The number of carbonyl (C=O) groups is 1. The lowest BCUT2D eigenvalue weighted by Crippen LogP contribution is -2.48. The molecule has 1 fully saturated rings. The standard InChI is InChI=1S/C14H18ClNO5S/c1-2-21-13(18)14(7-4-8-14)9-16-22(19,20)11-6-3-5-10(15)12(11)17/h3,5-6,16-17H,2,4,7-9H2,1H3. The molecule has 0 unspecified atom stereocenters. The summed E-state index contributed by atoms with van der Waals surface area (Å²) in [6.45, 7) is 1.90. The van der Waals surface area contributed by atoms with Crippen molar-refractivity contribution in [2.24, 2.45) is 5.41 Å². The van der Waals surface area contributed by atoms with E-state index in [1.807, 2.05) is 0 Å². The number of phenolic OH excluding ortho intramolecular Hbond substituents is 1. The normalized spacial score (nSPS) is 16.8. The SMILES string of the molecule is CCOC(=O)C1(CNS(=O)(=O)c2cccc(Cl)c2O)CCC1. The fraction of sp³-hybridized carbons (Fsp3) is 0.500. The zero-order valence-electron chi connectivity index (χ0n) is 12.1. The maximum atomic E-state index is 12.3. The topological polar surface area (TPSA) is 92.7 Å². The lowest BCUT2D eigenvalue weighted by Gasteiger charge is -2.39. The number of para-hydroxylation sites is 1. The Morgan fingerprint density at radius 3 is 2.68 bits per heavy atom. The van der Waals surface area contributed by atoms with Crippen molar-refractivity contribution in [3.05, 3.63) is 23.2 Å². The van der Waals surface area contributed by atoms with Gasteiger partial charge in [0.1, 0.15) is 4.90 Å². The van der Waals surface area contributed by atoms with E-state index in [1.165, 1.54) is 18.2 Å². The van der Waals surface area contributed by atoms with Crippen LogP contribution >= 0.6 is 11.6 Å². The van der Waals surface area contributed by atoms with Gasteiger partial charge < -0.3 is 9.84 Å². The molecule has 1 aliphatic carbocycles. The van der Waals surface area contributed by atoms with Gasteiger partial charge in [-0.3, -0.25) is 4.79 Å². The van der Waals surface area contributed by atoms with Gasteiger partial charge in [-0.1, -0.05) is 24.1 Å². The number of carbonyl (C=O) groups excluding carboxylic acids is 1. The molecule has 122 valence electrons. The third-order valence-electron chi connectivity index (χ3n) is 3.86. The second-order valence-corrected chi connectivity index (χ2v) is 7.41. The third-order valence-corrected chi connectivity index (χ3v) is 5.60. The molecule has 0 heterocycles. The molecular weight excluding hydrogens is 330 g/mol. The number of ether oxygens (including phenoxy) is 1. The third kappa shape index (κ3) is 3.21. The first-order chi connectivity index (χ1) is 10.3. The van der Waals surface area contributed by atoms with E-state index in [4.69, 9.17) is 16.3 Å². The number of hydrogen-bond acceptors (Lipinski definition) is 5. The largest absolute Gasteiger partial charge is 0.505 e. The predicted molar refractivity (Wildman–Crippen MR) is 81.2 cm³/mol. The average molecular weight is 348 g/mol. The summed E-state index contributed by atoms with van der Waals surface area (Å²) in [6, 6.07) is 4.07. The van der Waals surface area contributed by atoms with Gasteiger partial charge in [0.05, 0.1) is 17.0 Å². The van der Waals surface area contributed by atoms with Crippen LogP contribution in [0.4, 0.5) is 0 Å². The van der Waals surface area contributed by atoms with Crippen LogP contribution in [0.5, 0.6) is 5.75 Å². The smallest absolute Gasteiger partial charge is 0.313 e. The zero-order chi connectivity index (χ0) is 16.4. The van der Waals surface area contributed by atoms with Crippen LogP contribution in [0.25, 0.3) is 0 Å². The number of halogens is 1. The summed E-state index contributed by atoms with van der Waals surface area (Å²) in [5, 5.41) is 9.74. The van der Waals surface area contributed by atoms with Crippen LogP contribution in [0, 0.1) is 5.41 Å². The minimum absolute atomic E-state index is 0.0494. The number of esters is 1. The van der Waals surface area contributed by atoms with Crippen LogP contribution in [0.3, 0.4) is 0 Å². The van der Waals surface area contributed by atoms with E-state index >= 15 is 0 Å². The Balaban J connectivity index is 2.16. The second kappa shape index (κ2) is 6.44. The lowest BCUT2D eigenvalue weighted by atomic mass is 9.69. The average Bonchev–Trinajstić information content (AvgIpc) is 2.40. The summed E-state index contributed by atoms with van der Waals surface area (Å²) in [5.41, 5.74) is -0.808. The molecule has 0 spiro atoms. The van der Waals surface area contributed by atoms with E-state index in [9.17, 15) is 18.3 Å². The van der Waals surface area contributed by atoms with Gasteiger partial charge in [-0.2, -0.15) is 0 Å². The van der Waals surface area contributed by atoms with Crippen molar-refractivity contribution in [3.8, 4) is 5.75 Å². The molecule has 0 atom stereocenters. The molecule has 1 aromatic carbocycles. The summed E-state index contributed by atoms with van der Waals surface area (Å²) < 4.78 is 32.0. The molecule has 22 heavy (non-hydrogen) atoms. The molecule has 0 bridgehead atoms. The summed E-state index contributed by atoms with van der Waals surface area (Å²) in [6.07, 6.45) is 2.01. The van der Waals surface area contributed by atoms with Crippen LogP contribution in [0.2, 0.25) is 5.02 Å². The van der Waals surface area contributed by atoms with Crippen molar-refractivity contribution >= 4 is 27.6 Å². The van der Waals surface area contributed by atoms with Crippen LogP contribution in [-0.4, -0.2) is 32.6 Å². The van der Waals surface area contributed by atoms with Gasteiger partial charge >= 0.3 is 5.97 Å². The van der Waals surface area contributed by atoms with E-state index in [1.54, 1.807) is 6.92 Å². The molecule has 2 rings (SSSR count). The highest BCUT2D eigenvalue weighted by Gasteiger charge is 2.46. The van der Waals surface area contributed by atoms with E-state index in [0.29, 0.717) is 12.8 Å². The number of hydrogen-bond donors (Lipinski definition) is 2. The van der Waals surface area contributed by atoms with Gasteiger partial charge in [0, 0.05) is 6.54 Å². The van der Waals surface area contributed by atoms with E-state index in [-0.39, 0.29) is 29.0 Å². The molecule has 1 saturated carbocycles. The fourth-order valence-corrected chi connectivity index (χ4v) is 3.84. The molecule has 0 aromatic heterocycles. The first-order valence-corrected chi connectivity index (χ1v) is 8.83. The highest BCUT2D eigenvalue weighted by atomic mass is 35.5. The van der Waals surface area contributed by atoms with Gasteiger partial charge in [0.15, 0.2) is 5.75 Å². The van der Waals surface area contributed by atoms with Crippen LogP contribution in [0.15, 0.2) is 23.1 Å². The Bertz CT molecular complexity index is 670. The molecule has 1 aliphatic rings. The zero-order valence-corrected chi connectivity index (χ0v) is 13.7. The molecule has 8 heteroatoms. The number of phenols is 1. The van der Waals surface area contributed by atoms with E-state index in [0.717, 1.165) is 6.42 Å². The van der Waals surface area contributed by atoms with E-state index in [2.05, 4.69) is 4.72 Å². The van der Waals surface area contributed by atoms with Gasteiger partial charge in [-0.05, 0) is 31.9 Å². The Morgan fingerprint density at radius 1 is 1.45 bits per heavy atom. The first-order valence-electron chi connectivity index (χ1n) is 6.97. The molecular formula is C14H18ClNO5S. The molecule has 2 N–H and O–H groups in total. The number of benzene rings is 1. The second-order valence-electron chi connectivity index (χ2n) is 5.27. The highest BCUT2D eigenvalue weighted by Crippen LogP contribution is 2.42. The summed E-state index contributed by atoms with van der Waals surface area (Å²) in [4.78, 5) is 11.7. The Labute approximate surface area is 134 Å². The lowest BCUT2D eigenvalue weighted by molar-refractivity contribution is -0.160. The Hall–Kier alpha value is -1.31. The Kier molecular flexibility index (Phi) is 4.99. The summed E-state index contributed by atoms with van der Waals surface area (Å²) in [7, 11) is -3.96. The minimum Gasteiger partial charge on any atom is -0.505 e. The monoisotopic (exact) mass is 347 g/mol. The number of rotatable bonds is 6. The Morgan fingerprint density at radius 2 is 2.14 bits per heavy atom. The maximum Gasteiger partial charge on any atom is 0.313 e. The molecule has 0 saturated heterocycles. The van der Waals surface area contributed by atoms with Gasteiger partial charge in [0.2, 0.25) is 10.0 Å². The van der Waals surface area contributed by atoms with Crippen molar-refractivity contribution in [1.82, 2.24) is 4.72 Å². The first kappa shape index (κ1) is 17.1. The van der Waals surface area contributed by atoms with Crippen LogP contribution in [-0.2, 0) is 19.6 Å². The van der Waals surface area contributed by atoms with E-state index < -0.39 is 21.2 Å². The molecule has 0 radical (unpaired) electrons. The van der Waals surface area contributed by atoms with Crippen molar-refractivity contribution in [2.75, 3.05) is 13.2 Å². The highest BCUT2D eigenvalue weighted by molar-refractivity contribution is 7.89. The van der Waals surface area contributed by atoms with Crippen LogP contribution in [0.1, 0.15) is 26.2 Å². The number of sulfonamides is 1. The minimum atomic E-state index is -3.96. The number of nitrogens with one attached hydrogen (secondary N) is 1. The molecule has 0 amide bonds. The van der Waals surface area contributed by atoms with Crippen molar-refractivity contribution in [1.29, 1.82) is 0 Å². The molecule has 6 nitrogen and oxygen atoms in total. The predicted octanol–water partition coefficient (Wildman–Crippen LogP) is 2.06. The fourth-order valence-electron chi connectivity index (χ4n) is 2.36. The quantitative estimate of drug-likeness (QED) is 0.768. The van der Waals surface area contributed by atoms with Crippen LogP contribution < -0.4 is 4.72 Å². The van der Waals surface area contributed by atoms with Crippen molar-refractivity contribution in [3.63, 3.8) is 0 Å². The van der Waals surface area contributed by atoms with Crippen molar-refractivity contribution < 1.29 is 23.1 Å². The van der Waals surface area contributed by atoms with Gasteiger partial charge in [-0.25, -0.2) is 13.1 Å². The number of aromatic hydroxyl groups is 1. The van der Waals surface area contributed by atoms with Crippen molar-refractivity contribution in [2.45, 2.75) is 31.1 Å². The van der Waals surface area contributed by atoms with Gasteiger partial charge in [-0.15, -0.1) is 0 Å². The maximum absolute atomic E-state index is 12.3. The van der Waals surface area contributed by atoms with Gasteiger partial charge in [0.25, 0.3) is 0 Å². The summed E-state index contributed by atoms with van der Waals surface area (Å²) >= 11 is 5.72.